The third kappa shape index (κ3) is 3.91. The second-order valence-electron chi connectivity index (χ2n) is 5.11. The highest BCUT2D eigenvalue weighted by Crippen LogP contribution is 2.28. The lowest BCUT2D eigenvalue weighted by Gasteiger charge is -2.19. The van der Waals surface area contributed by atoms with Crippen LogP contribution in [0.2, 0.25) is 0 Å². The zero-order valence-corrected chi connectivity index (χ0v) is 11.4. The van der Waals surface area contributed by atoms with Crippen molar-refractivity contribution in [3.8, 4) is 5.75 Å². The number of esters is 1. The highest BCUT2D eigenvalue weighted by Gasteiger charge is 2.14. The number of hydrogen-bond donors (Lipinski definition) is 1. The Morgan fingerprint density at radius 3 is 2.56 bits per heavy atom. The van der Waals surface area contributed by atoms with Crippen LogP contribution in [0.3, 0.4) is 0 Å². The molecule has 0 aliphatic carbocycles. The van der Waals surface area contributed by atoms with Crippen molar-refractivity contribution in [2.75, 3.05) is 6.61 Å². The molecule has 0 aliphatic rings. The molecule has 0 bridgehead atoms. The van der Waals surface area contributed by atoms with Gasteiger partial charge in [-0.2, -0.15) is 0 Å². The molecule has 0 radical (unpaired) electrons. The highest BCUT2D eigenvalue weighted by molar-refractivity contribution is 5.87. The Morgan fingerprint density at radius 2 is 2.06 bits per heavy atom. The first kappa shape index (κ1) is 14.3. The first-order valence-corrected chi connectivity index (χ1v) is 6.03. The van der Waals surface area contributed by atoms with Gasteiger partial charge in [-0.3, -0.25) is 0 Å². The number of hydrogen-bond acceptors (Lipinski definition) is 3. The molecule has 3 heteroatoms. The Kier molecular flexibility index (Phi) is 4.54. The fourth-order valence-electron chi connectivity index (χ4n) is 1.50. The van der Waals surface area contributed by atoms with E-state index < -0.39 is 5.97 Å². The van der Waals surface area contributed by atoms with E-state index in [0.717, 1.165) is 5.56 Å². The molecule has 0 heterocycles. The highest BCUT2D eigenvalue weighted by atomic mass is 16.5. The van der Waals surface area contributed by atoms with Crippen molar-refractivity contribution in [3.63, 3.8) is 0 Å². The fourth-order valence-corrected chi connectivity index (χ4v) is 1.50. The molecular weight excluding hydrogens is 228 g/mol. The van der Waals surface area contributed by atoms with Gasteiger partial charge >= 0.3 is 5.97 Å². The SMILES string of the molecule is CCOC(=O)/C=C/c1ccc(C(C)(C)C)cc1O. The van der Waals surface area contributed by atoms with Gasteiger partial charge in [0.2, 0.25) is 0 Å². The molecular formula is C15H20O3. The fraction of sp³-hybridized carbons (Fsp3) is 0.400. The molecule has 0 aromatic heterocycles. The molecule has 1 aromatic rings. The van der Waals surface area contributed by atoms with Gasteiger partial charge in [-0.25, -0.2) is 4.79 Å². The summed E-state index contributed by atoms with van der Waals surface area (Å²) < 4.78 is 4.77. The lowest BCUT2D eigenvalue weighted by molar-refractivity contribution is -0.137. The first-order valence-electron chi connectivity index (χ1n) is 6.03. The van der Waals surface area contributed by atoms with Crippen LogP contribution in [0.1, 0.15) is 38.8 Å². The predicted octanol–water partition coefficient (Wildman–Crippen LogP) is 3.27. The van der Waals surface area contributed by atoms with Gasteiger partial charge in [-0.05, 0) is 30.0 Å². The summed E-state index contributed by atoms with van der Waals surface area (Å²) in [5.74, 6) is -0.236. The van der Waals surface area contributed by atoms with Gasteiger partial charge < -0.3 is 9.84 Å². The van der Waals surface area contributed by atoms with Crippen LogP contribution < -0.4 is 0 Å². The van der Waals surface area contributed by atoms with Crippen LogP contribution in [0.5, 0.6) is 5.75 Å². The van der Waals surface area contributed by atoms with Gasteiger partial charge in [0.15, 0.2) is 0 Å². The van der Waals surface area contributed by atoms with Crippen LogP contribution in [0, 0.1) is 0 Å². The second kappa shape index (κ2) is 5.71. The summed E-state index contributed by atoms with van der Waals surface area (Å²) in [7, 11) is 0. The number of aromatic hydroxyl groups is 1. The van der Waals surface area contributed by atoms with Crippen molar-refractivity contribution in [2.45, 2.75) is 33.1 Å². The van der Waals surface area contributed by atoms with E-state index in [1.54, 1.807) is 25.1 Å². The molecule has 1 N–H and O–H groups in total. The van der Waals surface area contributed by atoms with Crippen LogP contribution in [0.4, 0.5) is 0 Å². The molecule has 0 fully saturated rings. The van der Waals surface area contributed by atoms with E-state index in [4.69, 9.17) is 4.74 Å². The van der Waals surface area contributed by atoms with Gasteiger partial charge in [0, 0.05) is 11.6 Å². The normalized spacial score (nSPS) is 11.8. The number of benzene rings is 1. The van der Waals surface area contributed by atoms with Crippen LogP contribution in [0.15, 0.2) is 24.3 Å². The molecule has 98 valence electrons. The molecule has 0 spiro atoms. The topological polar surface area (TPSA) is 46.5 Å². The minimum absolute atomic E-state index is 0.0130. The first-order chi connectivity index (χ1) is 8.34. The zero-order chi connectivity index (χ0) is 13.8. The summed E-state index contributed by atoms with van der Waals surface area (Å²) in [4.78, 5) is 11.2. The van der Waals surface area contributed by atoms with Gasteiger partial charge in [-0.15, -0.1) is 0 Å². The summed E-state index contributed by atoms with van der Waals surface area (Å²) in [5.41, 5.74) is 1.64. The average Bonchev–Trinajstić information content (AvgIpc) is 2.26. The van der Waals surface area contributed by atoms with Crippen molar-refractivity contribution in [1.29, 1.82) is 0 Å². The van der Waals surface area contributed by atoms with E-state index in [1.165, 1.54) is 6.08 Å². The lowest BCUT2D eigenvalue weighted by atomic mass is 9.86. The monoisotopic (exact) mass is 248 g/mol. The number of phenolic OH excluding ortho intramolecular Hbond substituents is 1. The summed E-state index contributed by atoms with van der Waals surface area (Å²) >= 11 is 0. The minimum atomic E-state index is -0.406. The number of rotatable bonds is 3. The van der Waals surface area contributed by atoms with Crippen LogP contribution in [-0.4, -0.2) is 17.7 Å². The van der Waals surface area contributed by atoms with Crippen LogP contribution >= 0.6 is 0 Å². The average molecular weight is 248 g/mol. The smallest absolute Gasteiger partial charge is 0.330 e. The van der Waals surface area contributed by atoms with Crippen molar-refractivity contribution in [3.05, 3.63) is 35.4 Å². The van der Waals surface area contributed by atoms with E-state index in [0.29, 0.717) is 12.2 Å². The van der Waals surface area contributed by atoms with Crippen LogP contribution in [-0.2, 0) is 14.9 Å². The van der Waals surface area contributed by atoms with Crippen molar-refractivity contribution < 1.29 is 14.6 Å². The lowest BCUT2D eigenvalue weighted by Crippen LogP contribution is -2.10. The van der Waals surface area contributed by atoms with Crippen molar-refractivity contribution in [2.24, 2.45) is 0 Å². The van der Waals surface area contributed by atoms with E-state index >= 15 is 0 Å². The van der Waals surface area contributed by atoms with Gasteiger partial charge in [0.25, 0.3) is 0 Å². The van der Waals surface area contributed by atoms with E-state index in [2.05, 4.69) is 20.8 Å². The molecule has 1 rings (SSSR count). The third-order valence-corrected chi connectivity index (χ3v) is 2.58. The molecule has 0 atom stereocenters. The Hall–Kier alpha value is -1.77. The number of carbonyl (C=O) groups is 1. The number of phenols is 1. The van der Waals surface area contributed by atoms with Gasteiger partial charge in [-0.1, -0.05) is 32.9 Å². The van der Waals surface area contributed by atoms with Gasteiger partial charge in [0.1, 0.15) is 5.75 Å². The Balaban J connectivity index is 2.90. The molecule has 0 unspecified atom stereocenters. The van der Waals surface area contributed by atoms with E-state index in [-0.39, 0.29) is 11.2 Å². The predicted molar refractivity (Wildman–Crippen MR) is 72.5 cm³/mol. The molecule has 1 aromatic carbocycles. The summed E-state index contributed by atoms with van der Waals surface area (Å²) in [5, 5.41) is 9.89. The Labute approximate surface area is 108 Å². The quantitative estimate of drug-likeness (QED) is 0.659. The Bertz CT molecular complexity index is 453. The summed E-state index contributed by atoms with van der Waals surface area (Å²) in [6.45, 7) is 8.33. The second-order valence-corrected chi connectivity index (χ2v) is 5.11. The summed E-state index contributed by atoms with van der Waals surface area (Å²) in [6.07, 6.45) is 2.87. The molecule has 0 saturated heterocycles. The van der Waals surface area contributed by atoms with Crippen molar-refractivity contribution in [1.82, 2.24) is 0 Å². The molecule has 0 amide bonds. The number of carbonyl (C=O) groups excluding carboxylic acids is 1. The van der Waals surface area contributed by atoms with Crippen molar-refractivity contribution >= 4 is 12.0 Å². The maximum absolute atomic E-state index is 11.2. The molecule has 0 saturated carbocycles. The standard InChI is InChI=1S/C15H20O3/c1-5-18-14(17)9-7-11-6-8-12(10-13(11)16)15(2,3)4/h6-10,16H,5H2,1-4H3/b9-7+. The van der Waals surface area contributed by atoms with E-state index in [9.17, 15) is 9.90 Å². The van der Waals surface area contributed by atoms with E-state index in [1.807, 2.05) is 6.07 Å². The largest absolute Gasteiger partial charge is 0.507 e. The van der Waals surface area contributed by atoms with Crippen LogP contribution in [0.25, 0.3) is 6.08 Å². The maximum Gasteiger partial charge on any atom is 0.330 e. The number of ether oxygens (including phenoxy) is 1. The molecule has 0 aliphatic heterocycles. The Morgan fingerprint density at radius 1 is 1.39 bits per heavy atom. The zero-order valence-electron chi connectivity index (χ0n) is 11.4. The third-order valence-electron chi connectivity index (χ3n) is 2.58. The minimum Gasteiger partial charge on any atom is -0.507 e. The maximum atomic E-state index is 11.2. The summed E-state index contributed by atoms with van der Waals surface area (Å²) in [6, 6.07) is 5.47. The molecule has 18 heavy (non-hydrogen) atoms. The van der Waals surface area contributed by atoms with Gasteiger partial charge in [0.05, 0.1) is 6.61 Å². The molecule has 3 nitrogen and oxygen atoms in total.